The van der Waals surface area contributed by atoms with Crippen LogP contribution in [0.2, 0.25) is 5.02 Å². The lowest BCUT2D eigenvalue weighted by atomic mass is 9.95. The van der Waals surface area contributed by atoms with Gasteiger partial charge in [-0.3, -0.25) is 4.79 Å². The zero-order valence-electron chi connectivity index (χ0n) is 15.0. The molecule has 2 heterocycles. The molecule has 1 aliphatic carbocycles. The fraction of sp³-hybridized carbons (Fsp3) is 0.600. The van der Waals surface area contributed by atoms with Crippen molar-refractivity contribution in [3.05, 3.63) is 34.3 Å². The average Bonchev–Trinajstić information content (AvgIpc) is 3.32. The second kappa shape index (κ2) is 7.47. The van der Waals surface area contributed by atoms with Crippen LogP contribution in [0.3, 0.4) is 0 Å². The number of halogens is 1. The molecule has 3 amide bonds. The topological polar surface area (TPSA) is 52.7 Å². The van der Waals surface area contributed by atoms with Crippen molar-refractivity contribution in [3.63, 3.8) is 0 Å². The van der Waals surface area contributed by atoms with Crippen LogP contribution >= 0.6 is 11.6 Å². The number of benzene rings is 1. The Morgan fingerprint density at radius 1 is 1.00 bits per heavy atom. The van der Waals surface area contributed by atoms with Gasteiger partial charge in [-0.2, -0.15) is 0 Å². The molecule has 140 valence electrons. The fourth-order valence-electron chi connectivity index (χ4n) is 4.53. The van der Waals surface area contributed by atoms with Crippen LogP contribution in [0.5, 0.6) is 0 Å². The Labute approximate surface area is 159 Å². The first-order chi connectivity index (χ1) is 12.6. The molecule has 2 fully saturated rings. The Balaban J connectivity index is 1.31. The summed E-state index contributed by atoms with van der Waals surface area (Å²) < 4.78 is 0. The van der Waals surface area contributed by atoms with Crippen molar-refractivity contribution >= 4 is 23.5 Å². The first-order valence-corrected chi connectivity index (χ1v) is 10.1. The van der Waals surface area contributed by atoms with Crippen LogP contribution in [0, 0.1) is 5.92 Å². The third-order valence-electron chi connectivity index (χ3n) is 6.06. The van der Waals surface area contributed by atoms with Gasteiger partial charge in [-0.25, -0.2) is 4.79 Å². The minimum Gasteiger partial charge on any atom is -0.342 e. The van der Waals surface area contributed by atoms with Crippen molar-refractivity contribution in [2.24, 2.45) is 5.92 Å². The average molecular weight is 376 g/mol. The highest BCUT2D eigenvalue weighted by atomic mass is 35.5. The second-order valence-electron chi connectivity index (χ2n) is 7.64. The summed E-state index contributed by atoms with van der Waals surface area (Å²) in [5.41, 5.74) is 2.30. The van der Waals surface area contributed by atoms with E-state index in [1.54, 1.807) is 0 Å². The van der Waals surface area contributed by atoms with Gasteiger partial charge in [0.05, 0.1) is 6.04 Å². The second-order valence-corrected chi connectivity index (χ2v) is 8.05. The minimum absolute atomic E-state index is 0.0186. The molecule has 1 unspecified atom stereocenters. The van der Waals surface area contributed by atoms with Gasteiger partial charge >= 0.3 is 6.03 Å². The van der Waals surface area contributed by atoms with Gasteiger partial charge in [-0.05, 0) is 55.7 Å². The Kier molecular flexibility index (Phi) is 5.07. The normalized spacial score (nSPS) is 23.2. The van der Waals surface area contributed by atoms with Gasteiger partial charge in [-0.1, -0.05) is 23.7 Å². The van der Waals surface area contributed by atoms with Gasteiger partial charge in [0.2, 0.25) is 5.91 Å². The number of nitrogens with zero attached hydrogens (tertiary/aromatic N) is 2. The SMILES string of the molecule is O=C(NC1CCc2c(Cl)cccc21)N1CCC(C(=O)N2CCCC2)CC1. The van der Waals surface area contributed by atoms with Gasteiger partial charge in [0, 0.05) is 37.1 Å². The van der Waals surface area contributed by atoms with E-state index in [4.69, 9.17) is 11.6 Å². The lowest BCUT2D eigenvalue weighted by molar-refractivity contribution is -0.135. The van der Waals surface area contributed by atoms with E-state index >= 15 is 0 Å². The molecule has 0 spiro atoms. The Morgan fingerprint density at radius 3 is 2.46 bits per heavy atom. The summed E-state index contributed by atoms with van der Waals surface area (Å²) in [7, 11) is 0. The molecule has 26 heavy (non-hydrogen) atoms. The highest BCUT2D eigenvalue weighted by molar-refractivity contribution is 6.31. The largest absolute Gasteiger partial charge is 0.342 e. The maximum Gasteiger partial charge on any atom is 0.317 e. The number of piperidine rings is 1. The number of carbonyl (C=O) groups excluding carboxylic acids is 2. The van der Waals surface area contributed by atoms with Crippen molar-refractivity contribution in [1.29, 1.82) is 0 Å². The summed E-state index contributed by atoms with van der Waals surface area (Å²) in [5.74, 6) is 0.380. The molecule has 0 bridgehead atoms. The Hall–Kier alpha value is -1.75. The van der Waals surface area contributed by atoms with Crippen molar-refractivity contribution in [1.82, 2.24) is 15.1 Å². The first-order valence-electron chi connectivity index (χ1n) is 9.75. The third kappa shape index (κ3) is 3.41. The number of urea groups is 1. The van der Waals surface area contributed by atoms with Gasteiger partial charge < -0.3 is 15.1 Å². The Morgan fingerprint density at radius 2 is 1.73 bits per heavy atom. The lowest BCUT2D eigenvalue weighted by Crippen LogP contribution is -2.47. The van der Waals surface area contributed by atoms with Crippen molar-refractivity contribution in [2.45, 2.75) is 44.6 Å². The van der Waals surface area contributed by atoms with E-state index < -0.39 is 0 Å². The van der Waals surface area contributed by atoms with Crippen LogP contribution in [0.4, 0.5) is 4.79 Å². The van der Waals surface area contributed by atoms with Crippen LogP contribution in [-0.2, 0) is 11.2 Å². The molecule has 1 N–H and O–H groups in total. The number of hydrogen-bond donors (Lipinski definition) is 1. The lowest BCUT2D eigenvalue weighted by Gasteiger charge is -2.33. The van der Waals surface area contributed by atoms with Crippen LogP contribution in [0.15, 0.2) is 18.2 Å². The summed E-state index contributed by atoms with van der Waals surface area (Å²) in [4.78, 5) is 29.0. The number of rotatable bonds is 2. The number of nitrogens with one attached hydrogen (secondary N) is 1. The monoisotopic (exact) mass is 375 g/mol. The molecule has 0 aromatic heterocycles. The van der Waals surface area contributed by atoms with Gasteiger partial charge in [0.1, 0.15) is 0 Å². The molecular weight excluding hydrogens is 350 g/mol. The van der Waals surface area contributed by atoms with Crippen LogP contribution in [-0.4, -0.2) is 47.9 Å². The molecule has 2 saturated heterocycles. The fourth-order valence-corrected chi connectivity index (χ4v) is 4.80. The Bertz CT molecular complexity index is 694. The van der Waals surface area contributed by atoms with E-state index in [1.807, 2.05) is 21.9 Å². The standard InChI is InChI=1S/C20H26ClN3O2/c21-17-5-3-4-16-15(17)6-7-18(16)22-20(26)24-12-8-14(9-13-24)19(25)23-10-1-2-11-23/h3-5,14,18H,1-2,6-13H2,(H,22,26). The summed E-state index contributed by atoms with van der Waals surface area (Å²) in [6.07, 6.45) is 5.60. The van der Waals surface area contributed by atoms with Crippen LogP contribution < -0.4 is 5.32 Å². The summed E-state index contributed by atoms with van der Waals surface area (Å²) in [6.45, 7) is 3.13. The quantitative estimate of drug-likeness (QED) is 0.861. The van der Waals surface area contributed by atoms with E-state index in [-0.39, 0.29) is 18.0 Å². The molecule has 0 saturated carbocycles. The number of amides is 3. The zero-order chi connectivity index (χ0) is 18.1. The highest BCUT2D eigenvalue weighted by Gasteiger charge is 2.32. The number of likely N-dealkylation sites (tertiary alicyclic amines) is 2. The molecule has 1 atom stereocenters. The van der Waals surface area contributed by atoms with E-state index in [9.17, 15) is 9.59 Å². The smallest absolute Gasteiger partial charge is 0.317 e. The van der Waals surface area contributed by atoms with Gasteiger partial charge in [0.25, 0.3) is 0 Å². The molecule has 0 radical (unpaired) electrons. The number of hydrogen-bond acceptors (Lipinski definition) is 2. The van der Waals surface area contributed by atoms with Crippen LogP contribution in [0.1, 0.15) is 49.3 Å². The minimum atomic E-state index is -0.0186. The molecule has 5 nitrogen and oxygen atoms in total. The summed E-state index contributed by atoms with van der Waals surface area (Å²) in [5, 5.41) is 3.96. The van der Waals surface area contributed by atoms with E-state index in [1.165, 1.54) is 0 Å². The van der Waals surface area contributed by atoms with Gasteiger partial charge in [-0.15, -0.1) is 0 Å². The summed E-state index contributed by atoms with van der Waals surface area (Å²) in [6, 6.07) is 5.93. The molecule has 6 heteroatoms. The van der Waals surface area contributed by atoms with Crippen molar-refractivity contribution in [3.8, 4) is 0 Å². The summed E-state index contributed by atoms with van der Waals surface area (Å²) >= 11 is 6.26. The van der Waals surface area contributed by atoms with E-state index in [2.05, 4.69) is 11.4 Å². The number of fused-ring (bicyclic) bond motifs is 1. The first kappa shape index (κ1) is 17.7. The maximum absolute atomic E-state index is 12.7. The van der Waals surface area contributed by atoms with E-state index in [0.717, 1.165) is 67.8 Å². The zero-order valence-corrected chi connectivity index (χ0v) is 15.8. The molecule has 4 rings (SSSR count). The predicted molar refractivity (Wildman–Crippen MR) is 101 cm³/mol. The predicted octanol–water partition coefficient (Wildman–Crippen LogP) is 3.37. The molecule has 2 aliphatic heterocycles. The van der Waals surface area contributed by atoms with Crippen molar-refractivity contribution in [2.75, 3.05) is 26.2 Å². The molecule has 1 aromatic carbocycles. The third-order valence-corrected chi connectivity index (χ3v) is 6.41. The number of carbonyl (C=O) groups is 2. The highest BCUT2D eigenvalue weighted by Crippen LogP contribution is 2.35. The molecule has 1 aromatic rings. The maximum atomic E-state index is 12.7. The van der Waals surface area contributed by atoms with Crippen molar-refractivity contribution < 1.29 is 9.59 Å². The van der Waals surface area contributed by atoms with Crippen LogP contribution in [0.25, 0.3) is 0 Å². The molecular formula is C20H26ClN3O2. The van der Waals surface area contributed by atoms with E-state index in [0.29, 0.717) is 19.0 Å². The molecule has 3 aliphatic rings. The van der Waals surface area contributed by atoms with Gasteiger partial charge in [0.15, 0.2) is 0 Å².